The highest BCUT2D eigenvalue weighted by molar-refractivity contribution is 8.13. The van der Waals surface area contributed by atoms with Crippen LogP contribution in [0.2, 0.25) is 5.15 Å². The zero-order valence-electron chi connectivity index (χ0n) is 9.14. The Morgan fingerprint density at radius 1 is 1.56 bits per heavy atom. The highest BCUT2D eigenvalue weighted by Gasteiger charge is 2.34. The molecule has 7 heteroatoms. The van der Waals surface area contributed by atoms with Gasteiger partial charge in [-0.1, -0.05) is 35.2 Å². The molecule has 0 unspecified atom stereocenters. The molecule has 1 aromatic rings. The summed E-state index contributed by atoms with van der Waals surface area (Å²) in [5.74, 6) is 5.29. The normalized spacial score (nSPS) is 10.7. The van der Waals surface area contributed by atoms with E-state index in [1.165, 1.54) is 6.92 Å². The second-order valence-electron chi connectivity index (χ2n) is 3.14. The first-order valence-electron chi connectivity index (χ1n) is 4.65. The number of thioether (sulfide) groups is 1. The molecule has 1 aromatic heterocycles. The van der Waals surface area contributed by atoms with E-state index in [9.17, 15) is 18.0 Å². The highest BCUT2D eigenvalue weighted by Crippen LogP contribution is 2.33. The van der Waals surface area contributed by atoms with E-state index in [-0.39, 0.29) is 16.4 Å². The van der Waals surface area contributed by atoms with E-state index in [2.05, 4.69) is 16.8 Å². The van der Waals surface area contributed by atoms with Crippen molar-refractivity contribution in [2.75, 3.05) is 5.75 Å². The van der Waals surface area contributed by atoms with Crippen LogP contribution in [0.3, 0.4) is 0 Å². The Bertz CT molecular complexity index is 519. The molecule has 1 rings (SSSR count). The van der Waals surface area contributed by atoms with Gasteiger partial charge in [0.15, 0.2) is 5.12 Å². The maximum atomic E-state index is 12.5. The van der Waals surface area contributed by atoms with Gasteiger partial charge in [-0.3, -0.25) is 4.79 Å². The molecular weight excluding hydrogens is 287 g/mol. The van der Waals surface area contributed by atoms with Gasteiger partial charge in [0, 0.05) is 18.7 Å². The summed E-state index contributed by atoms with van der Waals surface area (Å²) < 4.78 is 37.5. The third kappa shape index (κ3) is 4.59. The molecule has 0 N–H and O–H groups in total. The van der Waals surface area contributed by atoms with E-state index >= 15 is 0 Å². The molecule has 0 radical (unpaired) electrons. The van der Waals surface area contributed by atoms with E-state index in [4.69, 9.17) is 11.6 Å². The maximum absolute atomic E-state index is 12.5. The van der Waals surface area contributed by atoms with Crippen LogP contribution in [0.25, 0.3) is 0 Å². The molecule has 0 amide bonds. The minimum Gasteiger partial charge on any atom is -0.288 e. The fourth-order valence-electron chi connectivity index (χ4n) is 0.991. The number of alkyl halides is 3. The number of hydrogen-bond donors (Lipinski definition) is 0. The Labute approximate surface area is 111 Å². The van der Waals surface area contributed by atoms with E-state index in [0.29, 0.717) is 0 Å². The summed E-state index contributed by atoms with van der Waals surface area (Å²) in [7, 11) is 0. The fourth-order valence-corrected chi connectivity index (χ4v) is 1.55. The lowest BCUT2D eigenvalue weighted by molar-refractivity contribution is -0.137. The molecule has 0 aliphatic heterocycles. The van der Waals surface area contributed by atoms with Crippen molar-refractivity contribution in [3.63, 3.8) is 0 Å². The van der Waals surface area contributed by atoms with Crippen molar-refractivity contribution >= 4 is 28.5 Å². The second-order valence-corrected chi connectivity index (χ2v) is 4.65. The number of rotatable bonds is 1. The topological polar surface area (TPSA) is 30.0 Å². The number of carbonyl (C=O) groups excluding carboxylic acids is 1. The Kier molecular flexibility index (Phi) is 5.05. The molecule has 0 spiro atoms. The van der Waals surface area contributed by atoms with Crippen LogP contribution < -0.4 is 0 Å². The maximum Gasteiger partial charge on any atom is 0.419 e. The Morgan fingerprint density at radius 2 is 2.22 bits per heavy atom. The Hall–Kier alpha value is -1.19. The average Bonchev–Trinajstić information content (AvgIpc) is 2.24. The zero-order chi connectivity index (χ0) is 13.8. The van der Waals surface area contributed by atoms with Gasteiger partial charge in [-0.05, 0) is 6.07 Å². The van der Waals surface area contributed by atoms with Crippen LogP contribution in [0.4, 0.5) is 13.2 Å². The summed E-state index contributed by atoms with van der Waals surface area (Å²) in [6.07, 6.45) is -3.40. The second kappa shape index (κ2) is 6.12. The van der Waals surface area contributed by atoms with Crippen molar-refractivity contribution in [3.8, 4) is 11.8 Å². The SMILES string of the molecule is CC(=O)SCC#Cc1cnc(Cl)c(C(F)(F)F)c1. The fraction of sp³-hybridized carbons (Fsp3) is 0.273. The van der Waals surface area contributed by atoms with Crippen LogP contribution >= 0.6 is 23.4 Å². The van der Waals surface area contributed by atoms with Crippen molar-refractivity contribution in [1.29, 1.82) is 0 Å². The van der Waals surface area contributed by atoms with E-state index in [1.807, 2.05) is 0 Å². The molecule has 18 heavy (non-hydrogen) atoms. The molecule has 0 saturated carbocycles. The molecular formula is C11H7ClF3NOS. The van der Waals surface area contributed by atoms with Gasteiger partial charge < -0.3 is 0 Å². The van der Waals surface area contributed by atoms with Gasteiger partial charge in [0.2, 0.25) is 0 Å². The molecule has 0 aliphatic rings. The van der Waals surface area contributed by atoms with Crippen LogP contribution in [0, 0.1) is 11.8 Å². The lowest BCUT2D eigenvalue weighted by Crippen LogP contribution is -2.07. The largest absolute Gasteiger partial charge is 0.419 e. The first-order valence-corrected chi connectivity index (χ1v) is 6.02. The van der Waals surface area contributed by atoms with Crippen LogP contribution in [0.5, 0.6) is 0 Å². The molecule has 0 aliphatic carbocycles. The van der Waals surface area contributed by atoms with E-state index in [1.54, 1.807) is 0 Å². The van der Waals surface area contributed by atoms with Gasteiger partial charge in [-0.15, -0.1) is 0 Å². The van der Waals surface area contributed by atoms with Gasteiger partial charge in [-0.2, -0.15) is 13.2 Å². The van der Waals surface area contributed by atoms with Crippen molar-refractivity contribution in [3.05, 3.63) is 28.5 Å². The third-order valence-electron chi connectivity index (χ3n) is 1.72. The van der Waals surface area contributed by atoms with Gasteiger partial charge in [0.25, 0.3) is 0 Å². The van der Waals surface area contributed by atoms with E-state index in [0.717, 1.165) is 24.0 Å². The predicted octanol–water partition coefficient (Wildman–Crippen LogP) is 3.39. The highest BCUT2D eigenvalue weighted by atomic mass is 35.5. The molecule has 0 aromatic carbocycles. The summed E-state index contributed by atoms with van der Waals surface area (Å²) in [4.78, 5) is 14.0. The van der Waals surface area contributed by atoms with Crippen LogP contribution in [0.15, 0.2) is 12.3 Å². The summed E-state index contributed by atoms with van der Waals surface area (Å²) in [6.45, 7) is 1.39. The first-order chi connectivity index (χ1) is 8.30. The van der Waals surface area contributed by atoms with Crippen molar-refractivity contribution in [1.82, 2.24) is 4.98 Å². The molecule has 2 nitrogen and oxygen atoms in total. The van der Waals surface area contributed by atoms with E-state index < -0.39 is 16.9 Å². The quantitative estimate of drug-likeness (QED) is 0.587. The lowest BCUT2D eigenvalue weighted by atomic mass is 10.2. The molecule has 0 atom stereocenters. The third-order valence-corrected chi connectivity index (χ3v) is 2.72. The molecule has 0 fully saturated rings. The van der Waals surface area contributed by atoms with Crippen LogP contribution in [-0.2, 0) is 11.0 Å². The minimum absolute atomic E-state index is 0.102. The number of pyridine rings is 1. The summed E-state index contributed by atoms with van der Waals surface area (Å²) >= 11 is 6.34. The average molecular weight is 294 g/mol. The van der Waals surface area contributed by atoms with Gasteiger partial charge in [0.05, 0.1) is 11.3 Å². The Balaban J connectivity index is 2.89. The molecule has 1 heterocycles. The molecule has 0 bridgehead atoms. The summed E-state index contributed by atoms with van der Waals surface area (Å²) in [5.41, 5.74) is -0.911. The van der Waals surface area contributed by atoms with Gasteiger partial charge in [-0.25, -0.2) is 4.98 Å². The van der Waals surface area contributed by atoms with Crippen molar-refractivity contribution in [2.24, 2.45) is 0 Å². The lowest BCUT2D eigenvalue weighted by Gasteiger charge is -2.07. The number of aromatic nitrogens is 1. The van der Waals surface area contributed by atoms with Crippen LogP contribution in [-0.4, -0.2) is 15.9 Å². The summed E-state index contributed by atoms with van der Waals surface area (Å²) in [5, 5.41) is -0.708. The number of nitrogens with zero attached hydrogens (tertiary/aromatic N) is 1. The standard InChI is InChI=1S/C11H7ClF3NOS/c1-7(17)18-4-2-3-8-5-9(11(13,14)15)10(12)16-6-8/h5-6H,4H2,1H3. The molecule has 96 valence electrons. The van der Waals surface area contributed by atoms with Gasteiger partial charge in [0.1, 0.15) is 5.15 Å². The van der Waals surface area contributed by atoms with Crippen LogP contribution in [0.1, 0.15) is 18.1 Å². The summed E-state index contributed by atoms with van der Waals surface area (Å²) in [6, 6.07) is 0.834. The number of halogens is 4. The Morgan fingerprint density at radius 3 is 2.78 bits per heavy atom. The van der Waals surface area contributed by atoms with Crippen molar-refractivity contribution < 1.29 is 18.0 Å². The van der Waals surface area contributed by atoms with Crippen molar-refractivity contribution in [2.45, 2.75) is 13.1 Å². The first kappa shape index (κ1) is 14.9. The monoisotopic (exact) mass is 293 g/mol. The predicted molar refractivity (Wildman–Crippen MR) is 64.3 cm³/mol. The minimum atomic E-state index is -4.56. The van der Waals surface area contributed by atoms with Gasteiger partial charge >= 0.3 is 6.18 Å². The zero-order valence-corrected chi connectivity index (χ0v) is 10.7. The molecule has 0 saturated heterocycles. The smallest absolute Gasteiger partial charge is 0.288 e. The number of hydrogen-bond acceptors (Lipinski definition) is 3. The number of carbonyl (C=O) groups is 1.